The smallest absolute Gasteiger partial charge is 0.412 e. The van der Waals surface area contributed by atoms with Gasteiger partial charge in [-0.05, 0) is 69.3 Å². The van der Waals surface area contributed by atoms with Gasteiger partial charge in [0.2, 0.25) is 0 Å². The van der Waals surface area contributed by atoms with Gasteiger partial charge in [0.25, 0.3) is 0 Å². The molecule has 1 fully saturated rings. The number of aromatic nitrogens is 2. The van der Waals surface area contributed by atoms with Crippen LogP contribution in [0, 0.1) is 5.92 Å². The van der Waals surface area contributed by atoms with Crippen LogP contribution in [0.3, 0.4) is 0 Å². The number of hydrogen-bond donors (Lipinski definition) is 2. The van der Waals surface area contributed by atoms with Crippen LogP contribution in [0.2, 0.25) is 0 Å². The number of benzene rings is 2. The second kappa shape index (κ2) is 8.35. The molecule has 0 unspecified atom stereocenters. The molecule has 0 aliphatic carbocycles. The van der Waals surface area contributed by atoms with Crippen molar-refractivity contribution in [2.75, 3.05) is 18.0 Å². The lowest BCUT2D eigenvalue weighted by molar-refractivity contribution is 0.198. The lowest BCUT2D eigenvalue weighted by atomic mass is 9.95. The van der Waals surface area contributed by atoms with E-state index < -0.39 is 6.09 Å². The Balaban J connectivity index is 1.61. The largest absolute Gasteiger partial charge is 0.465 e. The third-order valence-electron chi connectivity index (χ3n) is 6.84. The number of fused-ring (bicyclic) bond motifs is 3. The van der Waals surface area contributed by atoms with Gasteiger partial charge >= 0.3 is 6.09 Å². The molecule has 0 spiro atoms. The maximum atomic E-state index is 11.9. The number of carbonyl (C=O) groups is 1. The van der Waals surface area contributed by atoms with Crippen LogP contribution in [0.1, 0.15) is 43.1 Å². The summed E-state index contributed by atoms with van der Waals surface area (Å²) in [5.41, 5.74) is 5.23. The number of hydrogen-bond acceptors (Lipinski definition) is 3. The molecule has 0 bridgehead atoms. The molecule has 2 atom stereocenters. The molecule has 2 N–H and O–H groups in total. The molecular formula is C25H30N4O2. The van der Waals surface area contributed by atoms with Crippen LogP contribution in [0.4, 0.5) is 10.5 Å². The molecule has 1 aromatic heterocycles. The Bertz CT molecular complexity index is 1090. The van der Waals surface area contributed by atoms with E-state index in [0.717, 1.165) is 67.0 Å². The highest BCUT2D eigenvalue weighted by molar-refractivity contribution is 5.94. The van der Waals surface area contributed by atoms with Gasteiger partial charge in [0.05, 0.1) is 16.7 Å². The zero-order valence-corrected chi connectivity index (χ0v) is 18.1. The molecule has 2 aliphatic heterocycles. The fourth-order valence-electron chi connectivity index (χ4n) is 5.22. The zero-order valence-electron chi connectivity index (χ0n) is 18.1. The molecule has 1 amide bonds. The van der Waals surface area contributed by atoms with Crippen molar-refractivity contribution in [2.45, 2.75) is 51.6 Å². The van der Waals surface area contributed by atoms with Gasteiger partial charge in [0.1, 0.15) is 5.82 Å². The fraction of sp³-hybridized carbons (Fsp3) is 0.440. The fourth-order valence-corrected chi connectivity index (χ4v) is 5.22. The van der Waals surface area contributed by atoms with Crippen molar-refractivity contribution in [3.63, 3.8) is 0 Å². The van der Waals surface area contributed by atoms with Crippen molar-refractivity contribution in [1.82, 2.24) is 14.9 Å². The number of aryl methyl sites for hydroxylation is 1. The predicted molar refractivity (Wildman–Crippen MR) is 123 cm³/mol. The van der Waals surface area contributed by atoms with Gasteiger partial charge in [-0.2, -0.15) is 0 Å². The molecule has 0 radical (unpaired) electrons. The Hall–Kier alpha value is -2.86. The quantitative estimate of drug-likeness (QED) is 0.657. The van der Waals surface area contributed by atoms with Gasteiger partial charge in [0, 0.05) is 24.6 Å². The molecule has 5 rings (SSSR count). The van der Waals surface area contributed by atoms with Crippen LogP contribution >= 0.6 is 0 Å². The number of anilines is 1. The monoisotopic (exact) mass is 418 g/mol. The number of piperidine rings is 1. The third kappa shape index (κ3) is 3.81. The second-order valence-electron chi connectivity index (χ2n) is 8.98. The normalized spacial score (nSPS) is 21.3. The number of carboxylic acid groups (broad SMARTS) is 1. The molecule has 6 nitrogen and oxygen atoms in total. The highest BCUT2D eigenvalue weighted by atomic mass is 16.4. The van der Waals surface area contributed by atoms with E-state index in [4.69, 9.17) is 4.98 Å². The maximum Gasteiger partial charge on any atom is 0.412 e. The minimum absolute atomic E-state index is 0.0124. The minimum atomic E-state index is -0.884. The Kier molecular flexibility index (Phi) is 5.40. The standard InChI is InChI=1S/C25H30N4O2/c1-17-9-10-20-21(29(17)25(30)31)11-12-22-24(20)27-23(14-18-6-3-2-4-7-18)28(22)16-19-8-5-13-26-15-19/h2-4,6-7,11-12,17,19,26H,5,8-10,13-16H2,1H3,(H,30,31)/t17-,19+/m0/s1. The van der Waals surface area contributed by atoms with Crippen molar-refractivity contribution >= 4 is 22.8 Å². The van der Waals surface area contributed by atoms with Crippen LogP contribution in [0.5, 0.6) is 0 Å². The highest BCUT2D eigenvalue weighted by Gasteiger charge is 2.31. The average molecular weight is 419 g/mol. The van der Waals surface area contributed by atoms with Crippen molar-refractivity contribution in [3.05, 3.63) is 59.4 Å². The maximum absolute atomic E-state index is 11.9. The van der Waals surface area contributed by atoms with E-state index in [9.17, 15) is 9.90 Å². The molecule has 2 aliphatic rings. The average Bonchev–Trinajstić information content (AvgIpc) is 3.11. The first-order valence-corrected chi connectivity index (χ1v) is 11.4. The Labute approximate surface area is 182 Å². The van der Waals surface area contributed by atoms with Crippen LogP contribution in [-0.4, -0.2) is 39.9 Å². The van der Waals surface area contributed by atoms with Gasteiger partial charge in [-0.3, -0.25) is 4.90 Å². The van der Waals surface area contributed by atoms with Crippen molar-refractivity contribution in [3.8, 4) is 0 Å². The van der Waals surface area contributed by atoms with Gasteiger partial charge in [0.15, 0.2) is 0 Å². The Morgan fingerprint density at radius 2 is 2.03 bits per heavy atom. The summed E-state index contributed by atoms with van der Waals surface area (Å²) in [6.07, 6.45) is 4.03. The van der Waals surface area contributed by atoms with E-state index in [-0.39, 0.29) is 6.04 Å². The van der Waals surface area contributed by atoms with Crippen LogP contribution < -0.4 is 10.2 Å². The SMILES string of the molecule is C[C@H]1CCc2c(ccc3c2nc(Cc2ccccc2)n3C[C@@H]2CCCNC2)N1C(=O)O. The molecule has 2 aromatic carbocycles. The number of amides is 1. The highest BCUT2D eigenvalue weighted by Crippen LogP contribution is 2.36. The zero-order chi connectivity index (χ0) is 21.4. The Morgan fingerprint density at radius 3 is 2.77 bits per heavy atom. The van der Waals surface area contributed by atoms with Crippen LogP contribution in [-0.2, 0) is 19.4 Å². The van der Waals surface area contributed by atoms with E-state index in [1.807, 2.05) is 19.1 Å². The number of nitrogens with one attached hydrogen (secondary N) is 1. The summed E-state index contributed by atoms with van der Waals surface area (Å²) in [7, 11) is 0. The lowest BCUT2D eigenvalue weighted by Crippen LogP contribution is -2.41. The van der Waals surface area contributed by atoms with Gasteiger partial charge < -0.3 is 15.0 Å². The van der Waals surface area contributed by atoms with Crippen LogP contribution in [0.25, 0.3) is 11.0 Å². The summed E-state index contributed by atoms with van der Waals surface area (Å²) in [5.74, 6) is 1.66. The molecule has 1 saturated heterocycles. The molecule has 3 aromatic rings. The van der Waals surface area contributed by atoms with Gasteiger partial charge in [-0.25, -0.2) is 9.78 Å². The van der Waals surface area contributed by atoms with Crippen molar-refractivity contribution in [1.29, 1.82) is 0 Å². The summed E-state index contributed by atoms with van der Waals surface area (Å²) in [6, 6.07) is 14.5. The van der Waals surface area contributed by atoms with E-state index in [0.29, 0.717) is 5.92 Å². The van der Waals surface area contributed by atoms with E-state index >= 15 is 0 Å². The van der Waals surface area contributed by atoms with Gasteiger partial charge in [-0.1, -0.05) is 30.3 Å². The molecule has 31 heavy (non-hydrogen) atoms. The number of imidazole rings is 1. The van der Waals surface area contributed by atoms with E-state index in [1.54, 1.807) is 0 Å². The molecular weight excluding hydrogens is 388 g/mol. The molecule has 6 heteroatoms. The molecule has 3 heterocycles. The number of nitrogens with zero attached hydrogens (tertiary/aromatic N) is 3. The number of rotatable bonds is 4. The van der Waals surface area contributed by atoms with Crippen molar-refractivity contribution < 1.29 is 9.90 Å². The summed E-state index contributed by atoms with van der Waals surface area (Å²) < 4.78 is 2.39. The lowest BCUT2D eigenvalue weighted by Gasteiger charge is -2.33. The minimum Gasteiger partial charge on any atom is -0.465 e. The second-order valence-corrected chi connectivity index (χ2v) is 8.98. The summed E-state index contributed by atoms with van der Waals surface area (Å²) in [5, 5.41) is 13.3. The first-order valence-electron chi connectivity index (χ1n) is 11.4. The topological polar surface area (TPSA) is 70.4 Å². The third-order valence-corrected chi connectivity index (χ3v) is 6.84. The summed E-state index contributed by atoms with van der Waals surface area (Å²) >= 11 is 0. The molecule has 162 valence electrons. The first kappa shape index (κ1) is 20.1. The first-order chi connectivity index (χ1) is 15.1. The Morgan fingerprint density at radius 1 is 1.19 bits per heavy atom. The molecule has 0 saturated carbocycles. The van der Waals surface area contributed by atoms with E-state index in [2.05, 4.69) is 40.2 Å². The van der Waals surface area contributed by atoms with Crippen molar-refractivity contribution in [2.24, 2.45) is 5.92 Å². The summed E-state index contributed by atoms with van der Waals surface area (Å²) in [4.78, 5) is 18.6. The van der Waals surface area contributed by atoms with Crippen LogP contribution in [0.15, 0.2) is 42.5 Å². The predicted octanol–water partition coefficient (Wildman–Crippen LogP) is 4.45. The van der Waals surface area contributed by atoms with E-state index in [1.165, 1.54) is 23.3 Å². The van der Waals surface area contributed by atoms with Gasteiger partial charge in [-0.15, -0.1) is 0 Å². The summed E-state index contributed by atoms with van der Waals surface area (Å²) in [6.45, 7) is 5.08.